The second-order valence-corrected chi connectivity index (χ2v) is 4.57. The summed E-state index contributed by atoms with van der Waals surface area (Å²) in [4.78, 5) is 22.5. The quantitative estimate of drug-likeness (QED) is 0.528. The highest BCUT2D eigenvalue weighted by molar-refractivity contribution is 5.82. The number of carboxylic acid groups (broad SMARTS) is 1. The van der Waals surface area contributed by atoms with Gasteiger partial charge in [0, 0.05) is 13.2 Å². The van der Waals surface area contributed by atoms with Gasteiger partial charge in [0.1, 0.15) is 6.04 Å². The number of carbonyl (C=O) groups excluding carboxylic acids is 1. The van der Waals surface area contributed by atoms with E-state index in [2.05, 4.69) is 17.6 Å². The van der Waals surface area contributed by atoms with Crippen LogP contribution >= 0.6 is 0 Å². The molecule has 2 atom stereocenters. The summed E-state index contributed by atoms with van der Waals surface area (Å²) >= 11 is 0. The Morgan fingerprint density at radius 1 is 1.26 bits per heavy atom. The van der Waals surface area contributed by atoms with Crippen molar-refractivity contribution in [2.45, 2.75) is 46.1 Å². The highest BCUT2D eigenvalue weighted by Crippen LogP contribution is 2.07. The molecular weight excluding hydrogens is 248 g/mol. The van der Waals surface area contributed by atoms with Crippen molar-refractivity contribution in [2.24, 2.45) is 5.92 Å². The maximum Gasteiger partial charge on any atom is 0.326 e. The average Bonchev–Trinajstić information content (AvgIpc) is 2.38. The highest BCUT2D eigenvalue weighted by atomic mass is 16.5. The molecule has 0 heterocycles. The van der Waals surface area contributed by atoms with Crippen molar-refractivity contribution in [3.8, 4) is 0 Å². The van der Waals surface area contributed by atoms with Crippen LogP contribution in [-0.2, 0) is 9.53 Å². The number of ether oxygens (including phenoxy) is 1. The average molecular weight is 274 g/mol. The maximum absolute atomic E-state index is 11.5. The van der Waals surface area contributed by atoms with Gasteiger partial charge in [-0.15, -0.1) is 0 Å². The number of nitrogens with one attached hydrogen (secondary N) is 2. The number of hydrogen-bond donors (Lipinski definition) is 3. The molecule has 0 aromatic rings. The predicted octanol–water partition coefficient (Wildman–Crippen LogP) is 1.60. The van der Waals surface area contributed by atoms with E-state index in [1.165, 1.54) is 0 Å². The Morgan fingerprint density at radius 2 is 1.95 bits per heavy atom. The SMILES string of the molecule is CCCCOCCNC(=O)N[C@H](C(=O)O)C(C)CC. The van der Waals surface area contributed by atoms with Gasteiger partial charge in [-0.25, -0.2) is 9.59 Å². The molecule has 0 saturated carbocycles. The van der Waals surface area contributed by atoms with Gasteiger partial charge in [0.15, 0.2) is 0 Å². The molecule has 19 heavy (non-hydrogen) atoms. The fourth-order valence-corrected chi connectivity index (χ4v) is 1.46. The zero-order chi connectivity index (χ0) is 14.7. The normalized spacial score (nSPS) is 13.6. The van der Waals surface area contributed by atoms with E-state index >= 15 is 0 Å². The Hall–Kier alpha value is -1.30. The van der Waals surface area contributed by atoms with Crippen LogP contribution in [-0.4, -0.2) is 42.9 Å². The van der Waals surface area contributed by atoms with E-state index in [9.17, 15) is 9.59 Å². The first-order valence-electron chi connectivity index (χ1n) is 6.87. The molecule has 0 aliphatic heterocycles. The van der Waals surface area contributed by atoms with Crippen LogP contribution in [0.25, 0.3) is 0 Å². The van der Waals surface area contributed by atoms with Crippen molar-refractivity contribution < 1.29 is 19.4 Å². The minimum Gasteiger partial charge on any atom is -0.480 e. The van der Waals surface area contributed by atoms with Crippen molar-refractivity contribution in [1.29, 1.82) is 0 Å². The van der Waals surface area contributed by atoms with Gasteiger partial charge >= 0.3 is 12.0 Å². The van der Waals surface area contributed by atoms with Crippen LogP contribution < -0.4 is 10.6 Å². The van der Waals surface area contributed by atoms with Crippen molar-refractivity contribution in [1.82, 2.24) is 10.6 Å². The zero-order valence-corrected chi connectivity index (χ0v) is 12.1. The largest absolute Gasteiger partial charge is 0.480 e. The summed E-state index contributed by atoms with van der Waals surface area (Å²) in [5.74, 6) is -1.12. The molecule has 3 N–H and O–H groups in total. The lowest BCUT2D eigenvalue weighted by atomic mass is 9.99. The first-order chi connectivity index (χ1) is 9.02. The standard InChI is InChI=1S/C13H26N2O4/c1-4-6-8-19-9-7-14-13(18)15-11(12(16)17)10(3)5-2/h10-11H,4-9H2,1-3H3,(H,16,17)(H2,14,15,18)/t10?,11-/m0/s1. The number of unbranched alkanes of at least 4 members (excludes halogenated alkanes) is 1. The predicted molar refractivity (Wildman–Crippen MR) is 73.1 cm³/mol. The van der Waals surface area contributed by atoms with Crippen molar-refractivity contribution in [3.63, 3.8) is 0 Å². The topological polar surface area (TPSA) is 87.7 Å². The van der Waals surface area contributed by atoms with Crippen molar-refractivity contribution in [3.05, 3.63) is 0 Å². The third-order valence-corrected chi connectivity index (χ3v) is 2.94. The number of aliphatic carboxylic acids is 1. The second-order valence-electron chi connectivity index (χ2n) is 4.57. The number of carbonyl (C=O) groups is 2. The van der Waals surface area contributed by atoms with E-state index in [0.29, 0.717) is 26.2 Å². The number of carboxylic acids is 1. The van der Waals surface area contributed by atoms with E-state index in [-0.39, 0.29) is 5.92 Å². The molecule has 0 fully saturated rings. The minimum absolute atomic E-state index is 0.107. The van der Waals surface area contributed by atoms with E-state index < -0.39 is 18.0 Å². The van der Waals surface area contributed by atoms with Gasteiger partial charge in [-0.05, 0) is 12.3 Å². The molecule has 0 bridgehead atoms. The Morgan fingerprint density at radius 3 is 2.47 bits per heavy atom. The molecule has 0 aromatic carbocycles. The first kappa shape index (κ1) is 17.7. The molecule has 0 aliphatic rings. The third-order valence-electron chi connectivity index (χ3n) is 2.94. The molecule has 2 amide bonds. The number of amides is 2. The third kappa shape index (κ3) is 8.42. The first-order valence-corrected chi connectivity index (χ1v) is 6.87. The Labute approximate surface area is 114 Å². The van der Waals surface area contributed by atoms with E-state index in [1.54, 1.807) is 6.92 Å². The van der Waals surface area contributed by atoms with E-state index in [1.807, 2.05) is 6.92 Å². The van der Waals surface area contributed by atoms with Crippen LogP contribution in [0.3, 0.4) is 0 Å². The van der Waals surface area contributed by atoms with Crippen LogP contribution in [0.1, 0.15) is 40.0 Å². The van der Waals surface area contributed by atoms with Crippen molar-refractivity contribution >= 4 is 12.0 Å². The molecule has 112 valence electrons. The highest BCUT2D eigenvalue weighted by Gasteiger charge is 2.24. The fraction of sp³-hybridized carbons (Fsp3) is 0.846. The molecule has 0 rings (SSSR count). The summed E-state index contributed by atoms with van der Waals surface area (Å²) in [6.07, 6.45) is 2.77. The summed E-state index contributed by atoms with van der Waals surface area (Å²) < 4.78 is 5.29. The number of hydrogen-bond acceptors (Lipinski definition) is 3. The Bertz CT molecular complexity index is 271. The summed E-state index contributed by atoms with van der Waals surface area (Å²) in [6.45, 7) is 7.27. The summed E-state index contributed by atoms with van der Waals surface area (Å²) in [5.41, 5.74) is 0. The smallest absolute Gasteiger partial charge is 0.326 e. The van der Waals surface area contributed by atoms with Crippen LogP contribution in [0.5, 0.6) is 0 Å². The molecule has 0 aliphatic carbocycles. The second kappa shape index (κ2) is 10.6. The monoisotopic (exact) mass is 274 g/mol. The van der Waals surface area contributed by atoms with E-state index in [0.717, 1.165) is 12.8 Å². The van der Waals surface area contributed by atoms with Crippen LogP contribution in [0.2, 0.25) is 0 Å². The van der Waals surface area contributed by atoms with Gasteiger partial charge in [-0.1, -0.05) is 33.6 Å². The van der Waals surface area contributed by atoms with Crippen LogP contribution in [0.4, 0.5) is 4.79 Å². The summed E-state index contributed by atoms with van der Waals surface area (Å²) in [5, 5.41) is 14.1. The van der Waals surface area contributed by atoms with Gasteiger partial charge < -0.3 is 20.5 Å². The van der Waals surface area contributed by atoms with Gasteiger partial charge in [0.25, 0.3) is 0 Å². The van der Waals surface area contributed by atoms with Gasteiger partial charge in [0.2, 0.25) is 0 Å². The molecule has 0 saturated heterocycles. The summed E-state index contributed by atoms with van der Waals surface area (Å²) in [6, 6.07) is -1.32. The lowest BCUT2D eigenvalue weighted by molar-refractivity contribution is -0.140. The van der Waals surface area contributed by atoms with Crippen LogP contribution in [0.15, 0.2) is 0 Å². The maximum atomic E-state index is 11.5. The zero-order valence-electron chi connectivity index (χ0n) is 12.1. The van der Waals surface area contributed by atoms with Gasteiger partial charge in [-0.2, -0.15) is 0 Å². The molecular formula is C13H26N2O4. The van der Waals surface area contributed by atoms with Gasteiger partial charge in [-0.3, -0.25) is 0 Å². The molecule has 0 spiro atoms. The van der Waals surface area contributed by atoms with Gasteiger partial charge in [0.05, 0.1) is 6.61 Å². The Balaban J connectivity index is 3.85. The fourth-order valence-electron chi connectivity index (χ4n) is 1.46. The minimum atomic E-state index is -1.01. The molecule has 1 unspecified atom stereocenters. The van der Waals surface area contributed by atoms with Crippen molar-refractivity contribution in [2.75, 3.05) is 19.8 Å². The number of urea groups is 1. The molecule has 6 heteroatoms. The summed E-state index contributed by atoms with van der Waals surface area (Å²) in [7, 11) is 0. The lowest BCUT2D eigenvalue weighted by Crippen LogP contribution is -2.49. The molecule has 6 nitrogen and oxygen atoms in total. The molecule has 0 aromatic heterocycles. The Kier molecular flexibility index (Phi) is 9.88. The van der Waals surface area contributed by atoms with E-state index in [4.69, 9.17) is 9.84 Å². The number of rotatable bonds is 10. The lowest BCUT2D eigenvalue weighted by Gasteiger charge is -2.20. The van der Waals surface area contributed by atoms with Crippen LogP contribution in [0, 0.1) is 5.92 Å². The molecule has 0 radical (unpaired) electrons.